The minimum atomic E-state index is -0.0377. The summed E-state index contributed by atoms with van der Waals surface area (Å²) in [4.78, 5) is 2.30. The number of ether oxygens (including phenoxy) is 1. The topological polar surface area (TPSA) is 89.2 Å². The van der Waals surface area contributed by atoms with Crippen LogP contribution >= 0.6 is 0 Å². The maximum atomic E-state index is 5.34. The Balaban J connectivity index is 2.09. The predicted molar refractivity (Wildman–Crippen MR) is 77.5 cm³/mol. The number of hydrogen-bond acceptors (Lipinski definition) is 4. The third-order valence-electron chi connectivity index (χ3n) is 2.98. The Hall–Kier alpha value is -2.08. The van der Waals surface area contributed by atoms with Gasteiger partial charge in [0.2, 0.25) is 5.96 Å². The fourth-order valence-corrected chi connectivity index (χ4v) is 1.93. The number of rotatable bonds is 3. The molecule has 0 amide bonds. The molecule has 6 heteroatoms. The second-order valence-corrected chi connectivity index (χ2v) is 4.36. The number of nitrogens with zero attached hydrogens (tertiary/aromatic N) is 3. The van der Waals surface area contributed by atoms with Gasteiger partial charge in [0.15, 0.2) is 0 Å². The van der Waals surface area contributed by atoms with Gasteiger partial charge in [-0.3, -0.25) is 0 Å². The van der Waals surface area contributed by atoms with Crippen molar-refractivity contribution in [3.8, 4) is 0 Å². The highest BCUT2D eigenvalue weighted by atomic mass is 16.5. The molecule has 1 heterocycles. The Kier molecular flexibility index (Phi) is 4.35. The molecule has 102 valence electrons. The van der Waals surface area contributed by atoms with Gasteiger partial charge in [-0.15, -0.1) is 5.10 Å². The summed E-state index contributed by atoms with van der Waals surface area (Å²) in [5.74, 6) is -0.0377. The molecule has 4 N–H and O–H groups in total. The summed E-state index contributed by atoms with van der Waals surface area (Å²) in [5, 5.41) is 7.60. The van der Waals surface area contributed by atoms with Gasteiger partial charge in [-0.05, 0) is 24.6 Å². The van der Waals surface area contributed by atoms with Crippen molar-refractivity contribution in [2.24, 2.45) is 21.7 Å². The molecule has 0 saturated carbocycles. The Morgan fingerprint density at radius 3 is 2.32 bits per heavy atom. The van der Waals surface area contributed by atoms with Crippen molar-refractivity contribution < 1.29 is 4.74 Å². The molecule has 1 aliphatic rings. The lowest BCUT2D eigenvalue weighted by molar-refractivity contribution is 0.122. The highest BCUT2D eigenvalue weighted by Crippen LogP contribution is 2.17. The molecular weight excluding hydrogens is 242 g/mol. The Morgan fingerprint density at radius 1 is 1.11 bits per heavy atom. The van der Waals surface area contributed by atoms with E-state index in [-0.39, 0.29) is 5.96 Å². The number of guanidine groups is 1. The summed E-state index contributed by atoms with van der Waals surface area (Å²) >= 11 is 0. The third kappa shape index (κ3) is 3.69. The van der Waals surface area contributed by atoms with Crippen molar-refractivity contribution in [3.63, 3.8) is 0 Å². The lowest BCUT2D eigenvalue weighted by Gasteiger charge is -2.28. The van der Waals surface area contributed by atoms with Crippen molar-refractivity contribution in [2.45, 2.75) is 6.92 Å². The minimum absolute atomic E-state index is 0.0377. The molecule has 2 rings (SSSR count). The fraction of sp³-hybridized carbons (Fsp3) is 0.385. The van der Waals surface area contributed by atoms with Crippen LogP contribution in [-0.4, -0.2) is 38.0 Å². The van der Waals surface area contributed by atoms with Crippen LogP contribution < -0.4 is 16.4 Å². The normalized spacial score (nSPS) is 16.3. The van der Waals surface area contributed by atoms with E-state index in [1.807, 2.05) is 19.1 Å². The van der Waals surface area contributed by atoms with Crippen LogP contribution in [0.4, 0.5) is 5.69 Å². The van der Waals surface area contributed by atoms with E-state index in [9.17, 15) is 0 Å². The molecule has 1 saturated heterocycles. The van der Waals surface area contributed by atoms with Crippen LogP contribution in [0.15, 0.2) is 34.5 Å². The summed E-state index contributed by atoms with van der Waals surface area (Å²) in [6.45, 7) is 5.30. The maximum absolute atomic E-state index is 5.34. The monoisotopic (exact) mass is 261 g/mol. The van der Waals surface area contributed by atoms with Crippen molar-refractivity contribution in [1.82, 2.24) is 0 Å². The zero-order chi connectivity index (χ0) is 13.7. The second kappa shape index (κ2) is 6.19. The van der Waals surface area contributed by atoms with Crippen LogP contribution in [0.5, 0.6) is 0 Å². The summed E-state index contributed by atoms with van der Waals surface area (Å²) in [6.07, 6.45) is 0. The van der Waals surface area contributed by atoms with Gasteiger partial charge in [0, 0.05) is 18.8 Å². The average Bonchev–Trinajstić information content (AvgIpc) is 2.46. The highest BCUT2D eigenvalue weighted by molar-refractivity contribution is 5.99. The SMILES string of the molecule is C/C(=N/N=C(N)N)c1ccc(N2CCOCC2)cc1. The van der Waals surface area contributed by atoms with Gasteiger partial charge in [-0.1, -0.05) is 12.1 Å². The van der Waals surface area contributed by atoms with Gasteiger partial charge < -0.3 is 21.1 Å². The van der Waals surface area contributed by atoms with Gasteiger partial charge in [0.1, 0.15) is 0 Å². The number of morpholine rings is 1. The third-order valence-corrected chi connectivity index (χ3v) is 2.98. The van der Waals surface area contributed by atoms with Crippen molar-refractivity contribution in [3.05, 3.63) is 29.8 Å². The highest BCUT2D eigenvalue weighted by Gasteiger charge is 2.10. The fourth-order valence-electron chi connectivity index (χ4n) is 1.93. The summed E-state index contributed by atoms with van der Waals surface area (Å²) in [7, 11) is 0. The quantitative estimate of drug-likeness (QED) is 0.471. The molecule has 0 radical (unpaired) electrons. The lowest BCUT2D eigenvalue weighted by atomic mass is 10.1. The van der Waals surface area contributed by atoms with Crippen molar-refractivity contribution in [1.29, 1.82) is 0 Å². The van der Waals surface area contributed by atoms with Crippen LogP contribution in [0.2, 0.25) is 0 Å². The van der Waals surface area contributed by atoms with Crippen LogP contribution in [0.1, 0.15) is 12.5 Å². The number of nitrogens with two attached hydrogens (primary N) is 2. The first-order valence-electron chi connectivity index (χ1n) is 6.23. The number of hydrogen-bond donors (Lipinski definition) is 2. The molecular formula is C13H19N5O. The first-order valence-corrected chi connectivity index (χ1v) is 6.23. The van der Waals surface area contributed by atoms with E-state index in [1.54, 1.807) is 0 Å². The summed E-state index contributed by atoms with van der Waals surface area (Å²) in [5.41, 5.74) is 13.5. The molecule has 19 heavy (non-hydrogen) atoms. The molecule has 0 spiro atoms. The standard InChI is InChI=1S/C13H19N5O/c1-10(16-17-13(14)15)11-2-4-12(5-3-11)18-6-8-19-9-7-18/h2-5H,6-9H2,1H3,(H4,14,15,17)/b16-10-. The molecule has 6 nitrogen and oxygen atoms in total. The molecule has 0 aromatic heterocycles. The molecule has 0 bridgehead atoms. The zero-order valence-electron chi connectivity index (χ0n) is 11.0. The van der Waals surface area contributed by atoms with E-state index in [0.717, 1.165) is 37.6 Å². The molecule has 1 aromatic carbocycles. The Morgan fingerprint density at radius 2 is 1.74 bits per heavy atom. The summed E-state index contributed by atoms with van der Waals surface area (Å²) < 4.78 is 5.34. The van der Waals surface area contributed by atoms with Crippen molar-refractivity contribution >= 4 is 17.4 Å². The van der Waals surface area contributed by atoms with E-state index in [1.165, 1.54) is 5.69 Å². The maximum Gasteiger partial charge on any atom is 0.211 e. The van der Waals surface area contributed by atoms with E-state index >= 15 is 0 Å². The lowest BCUT2D eigenvalue weighted by Crippen LogP contribution is -2.36. The van der Waals surface area contributed by atoms with Gasteiger partial charge >= 0.3 is 0 Å². The van der Waals surface area contributed by atoms with Crippen LogP contribution in [0.25, 0.3) is 0 Å². The molecule has 1 aromatic rings. The zero-order valence-corrected chi connectivity index (χ0v) is 11.0. The molecule has 0 aliphatic carbocycles. The van der Waals surface area contributed by atoms with E-state index in [4.69, 9.17) is 16.2 Å². The van der Waals surface area contributed by atoms with Gasteiger partial charge in [-0.25, -0.2) is 0 Å². The van der Waals surface area contributed by atoms with Crippen molar-refractivity contribution in [2.75, 3.05) is 31.2 Å². The Bertz CT molecular complexity index is 470. The van der Waals surface area contributed by atoms with E-state index < -0.39 is 0 Å². The predicted octanol–water partition coefficient (Wildman–Crippen LogP) is 0.521. The van der Waals surface area contributed by atoms with Gasteiger partial charge in [0.05, 0.1) is 18.9 Å². The van der Waals surface area contributed by atoms with E-state index in [2.05, 4.69) is 27.2 Å². The number of benzene rings is 1. The molecule has 0 atom stereocenters. The van der Waals surface area contributed by atoms with Crippen LogP contribution in [0.3, 0.4) is 0 Å². The van der Waals surface area contributed by atoms with Crippen LogP contribution in [0, 0.1) is 0 Å². The van der Waals surface area contributed by atoms with Gasteiger partial charge in [-0.2, -0.15) is 5.10 Å². The van der Waals surface area contributed by atoms with Crippen LogP contribution in [-0.2, 0) is 4.74 Å². The second-order valence-electron chi connectivity index (χ2n) is 4.36. The first-order chi connectivity index (χ1) is 9.16. The molecule has 1 aliphatic heterocycles. The first kappa shape index (κ1) is 13.4. The summed E-state index contributed by atoms with van der Waals surface area (Å²) in [6, 6.07) is 8.20. The van der Waals surface area contributed by atoms with E-state index in [0.29, 0.717) is 0 Å². The number of anilines is 1. The molecule has 0 unspecified atom stereocenters. The average molecular weight is 261 g/mol. The smallest absolute Gasteiger partial charge is 0.211 e. The van der Waals surface area contributed by atoms with Gasteiger partial charge in [0.25, 0.3) is 0 Å². The molecule has 1 fully saturated rings. The minimum Gasteiger partial charge on any atom is -0.378 e. The largest absolute Gasteiger partial charge is 0.378 e. The Labute approximate surface area is 112 Å².